The van der Waals surface area contributed by atoms with Crippen molar-refractivity contribution < 1.29 is 9.66 Å². The fourth-order valence-corrected chi connectivity index (χ4v) is 3.16. The monoisotopic (exact) mass is 264 g/mol. The van der Waals surface area contributed by atoms with Gasteiger partial charge in [0.25, 0.3) is 5.69 Å². The van der Waals surface area contributed by atoms with Gasteiger partial charge < -0.3 is 9.64 Å². The first-order chi connectivity index (χ1) is 8.74. The van der Waals surface area contributed by atoms with Gasteiger partial charge in [-0.3, -0.25) is 10.1 Å². The van der Waals surface area contributed by atoms with Crippen molar-refractivity contribution in [2.45, 2.75) is 0 Å². The standard InChI is InChI=1S/C12H12N2O3S/c15-14(16)10-1-2-11-9(7-10)8-12(18-11)13-3-5-17-6-4-13/h1-2,7-8H,3-6H2. The van der Waals surface area contributed by atoms with Gasteiger partial charge in [-0.15, -0.1) is 11.3 Å². The minimum absolute atomic E-state index is 0.147. The smallest absolute Gasteiger partial charge is 0.270 e. The van der Waals surface area contributed by atoms with Crippen molar-refractivity contribution in [1.29, 1.82) is 0 Å². The molecule has 2 aromatic rings. The first kappa shape index (κ1) is 11.4. The maximum absolute atomic E-state index is 10.7. The number of thiophene rings is 1. The van der Waals surface area contributed by atoms with E-state index in [1.165, 1.54) is 0 Å². The molecule has 3 rings (SSSR count). The van der Waals surface area contributed by atoms with Crippen LogP contribution in [0.25, 0.3) is 10.1 Å². The number of nitrogens with zero attached hydrogens (tertiary/aromatic N) is 2. The Morgan fingerprint density at radius 1 is 1.28 bits per heavy atom. The molecule has 1 aromatic carbocycles. The zero-order valence-corrected chi connectivity index (χ0v) is 10.5. The summed E-state index contributed by atoms with van der Waals surface area (Å²) in [4.78, 5) is 12.6. The highest BCUT2D eigenvalue weighted by Crippen LogP contribution is 2.34. The van der Waals surface area contributed by atoms with Crippen molar-refractivity contribution in [3.8, 4) is 0 Å². The van der Waals surface area contributed by atoms with Crippen molar-refractivity contribution >= 4 is 32.1 Å². The molecule has 0 unspecified atom stereocenters. The van der Waals surface area contributed by atoms with E-state index in [4.69, 9.17) is 4.74 Å². The Balaban J connectivity index is 1.97. The first-order valence-corrected chi connectivity index (χ1v) is 6.56. The molecule has 0 radical (unpaired) electrons. The molecule has 0 N–H and O–H groups in total. The summed E-state index contributed by atoms with van der Waals surface area (Å²) < 4.78 is 6.40. The van der Waals surface area contributed by atoms with Crippen LogP contribution in [-0.4, -0.2) is 31.2 Å². The number of benzene rings is 1. The van der Waals surface area contributed by atoms with Gasteiger partial charge in [-0.05, 0) is 12.1 Å². The number of fused-ring (bicyclic) bond motifs is 1. The number of nitro groups is 1. The lowest BCUT2D eigenvalue weighted by molar-refractivity contribution is -0.384. The number of hydrogen-bond acceptors (Lipinski definition) is 5. The van der Waals surface area contributed by atoms with Crippen LogP contribution in [0.4, 0.5) is 10.7 Å². The van der Waals surface area contributed by atoms with E-state index in [1.807, 2.05) is 12.1 Å². The van der Waals surface area contributed by atoms with Gasteiger partial charge in [0.1, 0.15) is 0 Å². The van der Waals surface area contributed by atoms with Gasteiger partial charge in [-0.1, -0.05) is 0 Å². The molecule has 0 spiro atoms. The fourth-order valence-electron chi connectivity index (χ4n) is 2.07. The van der Waals surface area contributed by atoms with Gasteiger partial charge in [0.15, 0.2) is 0 Å². The molecule has 0 saturated carbocycles. The molecule has 1 saturated heterocycles. The Labute approximate surface area is 108 Å². The van der Waals surface area contributed by atoms with Crippen LogP contribution >= 0.6 is 11.3 Å². The van der Waals surface area contributed by atoms with Crippen LogP contribution in [0, 0.1) is 10.1 Å². The number of morpholine rings is 1. The van der Waals surface area contributed by atoms with Gasteiger partial charge in [0.2, 0.25) is 0 Å². The maximum Gasteiger partial charge on any atom is 0.270 e. The predicted molar refractivity (Wildman–Crippen MR) is 71.5 cm³/mol. The fraction of sp³-hybridized carbons (Fsp3) is 0.333. The summed E-state index contributed by atoms with van der Waals surface area (Å²) in [6.07, 6.45) is 0. The molecule has 0 aliphatic carbocycles. The van der Waals surface area contributed by atoms with Gasteiger partial charge >= 0.3 is 0 Å². The van der Waals surface area contributed by atoms with E-state index in [0.29, 0.717) is 0 Å². The Kier molecular flexibility index (Phi) is 2.89. The molecular formula is C12H12N2O3S. The lowest BCUT2D eigenvalue weighted by Crippen LogP contribution is -2.35. The second kappa shape index (κ2) is 4.55. The molecule has 1 aliphatic rings. The molecule has 1 aromatic heterocycles. The van der Waals surface area contributed by atoms with E-state index in [9.17, 15) is 10.1 Å². The van der Waals surface area contributed by atoms with Crippen molar-refractivity contribution in [2.24, 2.45) is 0 Å². The number of ether oxygens (including phenoxy) is 1. The summed E-state index contributed by atoms with van der Waals surface area (Å²) in [5, 5.41) is 12.8. The average Bonchev–Trinajstić information content (AvgIpc) is 2.82. The Bertz CT molecular complexity index is 590. The van der Waals surface area contributed by atoms with Crippen molar-refractivity contribution in [3.63, 3.8) is 0 Å². The summed E-state index contributed by atoms with van der Waals surface area (Å²) in [5.74, 6) is 0. The second-order valence-electron chi connectivity index (χ2n) is 4.16. The third-order valence-corrected chi connectivity index (χ3v) is 4.20. The van der Waals surface area contributed by atoms with Crippen LogP contribution in [0.5, 0.6) is 0 Å². The minimum Gasteiger partial charge on any atom is -0.378 e. The lowest BCUT2D eigenvalue weighted by Gasteiger charge is -2.27. The van der Waals surface area contributed by atoms with E-state index >= 15 is 0 Å². The van der Waals surface area contributed by atoms with E-state index in [1.54, 1.807) is 23.5 Å². The molecule has 0 atom stereocenters. The molecule has 0 bridgehead atoms. The van der Waals surface area contributed by atoms with E-state index in [2.05, 4.69) is 4.90 Å². The molecule has 2 heterocycles. The number of hydrogen-bond donors (Lipinski definition) is 0. The molecule has 18 heavy (non-hydrogen) atoms. The van der Waals surface area contributed by atoms with Gasteiger partial charge in [-0.2, -0.15) is 0 Å². The van der Waals surface area contributed by atoms with Crippen LogP contribution in [-0.2, 0) is 4.74 Å². The average molecular weight is 264 g/mol. The third kappa shape index (κ3) is 2.04. The quantitative estimate of drug-likeness (QED) is 0.618. The molecular weight excluding hydrogens is 252 g/mol. The summed E-state index contributed by atoms with van der Waals surface area (Å²) in [7, 11) is 0. The number of nitro benzene ring substituents is 1. The van der Waals surface area contributed by atoms with Crippen LogP contribution < -0.4 is 4.90 Å². The van der Waals surface area contributed by atoms with Crippen LogP contribution in [0.1, 0.15) is 0 Å². The minimum atomic E-state index is -0.356. The highest BCUT2D eigenvalue weighted by molar-refractivity contribution is 7.22. The van der Waals surface area contributed by atoms with E-state index in [0.717, 1.165) is 41.4 Å². The van der Waals surface area contributed by atoms with Crippen LogP contribution in [0.3, 0.4) is 0 Å². The van der Waals surface area contributed by atoms with Crippen molar-refractivity contribution in [1.82, 2.24) is 0 Å². The molecule has 94 valence electrons. The van der Waals surface area contributed by atoms with Gasteiger partial charge in [0, 0.05) is 35.3 Å². The normalized spacial score (nSPS) is 16.1. The van der Waals surface area contributed by atoms with Crippen molar-refractivity contribution in [3.05, 3.63) is 34.4 Å². The molecule has 5 nitrogen and oxygen atoms in total. The van der Waals surface area contributed by atoms with E-state index in [-0.39, 0.29) is 10.6 Å². The largest absolute Gasteiger partial charge is 0.378 e. The highest BCUT2D eigenvalue weighted by atomic mass is 32.1. The van der Waals surface area contributed by atoms with Gasteiger partial charge in [0.05, 0.1) is 23.1 Å². The zero-order chi connectivity index (χ0) is 12.5. The highest BCUT2D eigenvalue weighted by Gasteiger charge is 2.15. The third-order valence-electron chi connectivity index (χ3n) is 3.02. The second-order valence-corrected chi connectivity index (χ2v) is 5.23. The summed E-state index contributed by atoms with van der Waals surface area (Å²) in [6.45, 7) is 3.26. The predicted octanol–water partition coefficient (Wildman–Crippen LogP) is 2.65. The summed E-state index contributed by atoms with van der Waals surface area (Å²) in [5.41, 5.74) is 0.147. The van der Waals surface area contributed by atoms with Crippen LogP contribution in [0.2, 0.25) is 0 Å². The molecule has 6 heteroatoms. The number of rotatable bonds is 2. The lowest BCUT2D eigenvalue weighted by atomic mass is 10.2. The zero-order valence-electron chi connectivity index (χ0n) is 9.67. The molecule has 1 aliphatic heterocycles. The molecule has 0 amide bonds. The topological polar surface area (TPSA) is 55.6 Å². The molecule has 1 fully saturated rings. The van der Waals surface area contributed by atoms with Gasteiger partial charge in [-0.25, -0.2) is 0 Å². The summed E-state index contributed by atoms with van der Waals surface area (Å²) >= 11 is 1.67. The van der Waals surface area contributed by atoms with Crippen molar-refractivity contribution in [2.75, 3.05) is 31.2 Å². The Morgan fingerprint density at radius 2 is 2.06 bits per heavy atom. The van der Waals surface area contributed by atoms with E-state index < -0.39 is 0 Å². The first-order valence-electron chi connectivity index (χ1n) is 5.75. The Hall–Kier alpha value is -1.66. The van der Waals surface area contributed by atoms with Crippen LogP contribution in [0.15, 0.2) is 24.3 Å². The summed E-state index contributed by atoms with van der Waals surface area (Å²) in [6, 6.07) is 7.04. The number of anilines is 1. The Morgan fingerprint density at radius 3 is 2.78 bits per heavy atom. The maximum atomic E-state index is 10.7. The number of non-ortho nitro benzene ring substituents is 1. The SMILES string of the molecule is O=[N+]([O-])c1ccc2sc(N3CCOCC3)cc2c1.